The molecule has 1 unspecified atom stereocenters. The fourth-order valence-electron chi connectivity index (χ4n) is 1.29. The summed E-state index contributed by atoms with van der Waals surface area (Å²) in [7, 11) is 0. The number of carbonyl (C=O) groups is 2. The molecule has 1 aromatic carbocycles. The van der Waals surface area contributed by atoms with Crippen LogP contribution in [0.1, 0.15) is 30.6 Å². The SMILES string of the molecule is CCC(C)(NC(=O)c1cccc(Br)c1Cl)C(=O)O. The van der Waals surface area contributed by atoms with Crippen LogP contribution >= 0.6 is 27.5 Å². The van der Waals surface area contributed by atoms with Crippen LogP contribution in [-0.4, -0.2) is 22.5 Å². The molecule has 0 saturated carbocycles. The first-order chi connectivity index (χ1) is 8.31. The van der Waals surface area contributed by atoms with E-state index in [1.807, 2.05) is 0 Å². The Morgan fingerprint density at radius 3 is 2.61 bits per heavy atom. The van der Waals surface area contributed by atoms with E-state index in [2.05, 4.69) is 21.2 Å². The number of rotatable bonds is 4. The van der Waals surface area contributed by atoms with Crippen LogP contribution in [0.5, 0.6) is 0 Å². The largest absolute Gasteiger partial charge is 0.480 e. The molecule has 2 N–H and O–H groups in total. The van der Waals surface area contributed by atoms with Gasteiger partial charge in [-0.25, -0.2) is 4.79 Å². The van der Waals surface area contributed by atoms with E-state index < -0.39 is 17.4 Å². The summed E-state index contributed by atoms with van der Waals surface area (Å²) < 4.78 is 0.588. The highest BCUT2D eigenvalue weighted by atomic mass is 79.9. The average molecular weight is 335 g/mol. The molecule has 0 radical (unpaired) electrons. The summed E-state index contributed by atoms with van der Waals surface area (Å²) in [5.74, 6) is -1.59. The van der Waals surface area contributed by atoms with Crippen molar-refractivity contribution in [1.82, 2.24) is 5.32 Å². The second kappa shape index (κ2) is 5.71. The Morgan fingerprint density at radius 1 is 1.50 bits per heavy atom. The van der Waals surface area contributed by atoms with Gasteiger partial charge in [0.2, 0.25) is 0 Å². The number of carboxylic acid groups (broad SMARTS) is 1. The van der Waals surface area contributed by atoms with E-state index in [1.165, 1.54) is 6.92 Å². The van der Waals surface area contributed by atoms with Crippen molar-refractivity contribution in [2.24, 2.45) is 0 Å². The van der Waals surface area contributed by atoms with Crippen molar-refractivity contribution in [3.8, 4) is 0 Å². The molecule has 0 aliphatic rings. The summed E-state index contributed by atoms with van der Waals surface area (Å²) in [6, 6.07) is 4.91. The number of halogens is 2. The maximum atomic E-state index is 12.0. The smallest absolute Gasteiger partial charge is 0.329 e. The van der Waals surface area contributed by atoms with Gasteiger partial charge in [0.05, 0.1) is 10.6 Å². The summed E-state index contributed by atoms with van der Waals surface area (Å²) in [6.45, 7) is 3.15. The van der Waals surface area contributed by atoms with Crippen LogP contribution < -0.4 is 5.32 Å². The van der Waals surface area contributed by atoms with Gasteiger partial charge >= 0.3 is 5.97 Å². The molecule has 0 aromatic heterocycles. The molecule has 4 nitrogen and oxygen atoms in total. The number of carboxylic acids is 1. The van der Waals surface area contributed by atoms with E-state index in [9.17, 15) is 9.59 Å². The molecular formula is C12H13BrClNO3. The first-order valence-electron chi connectivity index (χ1n) is 5.31. The van der Waals surface area contributed by atoms with Crippen LogP contribution in [0, 0.1) is 0 Å². The lowest BCUT2D eigenvalue weighted by Crippen LogP contribution is -2.51. The van der Waals surface area contributed by atoms with Gasteiger partial charge in [-0.2, -0.15) is 0 Å². The third kappa shape index (κ3) is 3.03. The zero-order valence-electron chi connectivity index (χ0n) is 9.96. The zero-order valence-corrected chi connectivity index (χ0v) is 12.3. The van der Waals surface area contributed by atoms with Gasteiger partial charge in [-0.05, 0) is 41.4 Å². The van der Waals surface area contributed by atoms with Gasteiger partial charge in [0.25, 0.3) is 5.91 Å². The van der Waals surface area contributed by atoms with Crippen LogP contribution in [0.4, 0.5) is 0 Å². The van der Waals surface area contributed by atoms with Crippen molar-refractivity contribution in [2.45, 2.75) is 25.8 Å². The van der Waals surface area contributed by atoms with E-state index in [4.69, 9.17) is 16.7 Å². The van der Waals surface area contributed by atoms with E-state index in [0.29, 0.717) is 4.47 Å². The average Bonchev–Trinajstić information content (AvgIpc) is 2.32. The molecule has 1 atom stereocenters. The molecule has 98 valence electrons. The highest BCUT2D eigenvalue weighted by Crippen LogP contribution is 2.26. The minimum Gasteiger partial charge on any atom is -0.480 e. The van der Waals surface area contributed by atoms with Gasteiger partial charge in [-0.3, -0.25) is 4.79 Å². The van der Waals surface area contributed by atoms with E-state index >= 15 is 0 Å². The predicted octanol–water partition coefficient (Wildman–Crippen LogP) is 3.09. The van der Waals surface area contributed by atoms with Gasteiger partial charge in [0, 0.05) is 4.47 Å². The number of amides is 1. The lowest BCUT2D eigenvalue weighted by molar-refractivity contribution is -0.143. The van der Waals surface area contributed by atoms with Crippen molar-refractivity contribution in [1.29, 1.82) is 0 Å². The molecule has 1 amide bonds. The van der Waals surface area contributed by atoms with Crippen molar-refractivity contribution < 1.29 is 14.7 Å². The minimum atomic E-state index is -1.30. The normalized spacial score (nSPS) is 13.8. The maximum absolute atomic E-state index is 12.0. The standard InChI is InChI=1S/C12H13BrClNO3/c1-3-12(2,11(17)18)15-10(16)7-5-4-6-8(13)9(7)14/h4-6H,3H2,1-2H3,(H,15,16)(H,17,18). The Bertz CT molecular complexity index is 492. The molecule has 0 heterocycles. The Morgan fingerprint density at radius 2 is 2.11 bits per heavy atom. The molecule has 0 bridgehead atoms. The van der Waals surface area contributed by atoms with Crippen molar-refractivity contribution in [2.75, 3.05) is 0 Å². The van der Waals surface area contributed by atoms with E-state index in [0.717, 1.165) is 0 Å². The molecule has 18 heavy (non-hydrogen) atoms. The van der Waals surface area contributed by atoms with Crippen LogP contribution in [0.25, 0.3) is 0 Å². The molecule has 0 saturated heterocycles. The number of hydrogen-bond acceptors (Lipinski definition) is 2. The molecule has 1 aromatic rings. The molecule has 0 aliphatic carbocycles. The second-order valence-electron chi connectivity index (χ2n) is 4.05. The quantitative estimate of drug-likeness (QED) is 0.889. The molecular weight excluding hydrogens is 321 g/mol. The topological polar surface area (TPSA) is 66.4 Å². The highest BCUT2D eigenvalue weighted by Gasteiger charge is 2.33. The van der Waals surface area contributed by atoms with Crippen LogP contribution in [0.15, 0.2) is 22.7 Å². The lowest BCUT2D eigenvalue weighted by atomic mass is 9.98. The number of benzene rings is 1. The number of nitrogens with one attached hydrogen (secondary N) is 1. The van der Waals surface area contributed by atoms with Gasteiger partial charge in [0.15, 0.2) is 0 Å². The van der Waals surface area contributed by atoms with Gasteiger partial charge in [0.1, 0.15) is 5.54 Å². The fraction of sp³-hybridized carbons (Fsp3) is 0.333. The van der Waals surface area contributed by atoms with Crippen LogP contribution in [0.2, 0.25) is 5.02 Å². The Kier molecular flexibility index (Phi) is 4.76. The Hall–Kier alpha value is -1.07. The van der Waals surface area contributed by atoms with Crippen molar-refractivity contribution >= 4 is 39.4 Å². The summed E-state index contributed by atoms with van der Waals surface area (Å²) in [5.41, 5.74) is -1.06. The molecule has 1 rings (SSSR count). The van der Waals surface area contributed by atoms with Gasteiger partial charge < -0.3 is 10.4 Å². The molecule has 6 heteroatoms. The highest BCUT2D eigenvalue weighted by molar-refractivity contribution is 9.10. The first kappa shape index (κ1) is 15.0. The first-order valence-corrected chi connectivity index (χ1v) is 6.49. The number of aliphatic carboxylic acids is 1. The fourth-order valence-corrected chi connectivity index (χ4v) is 1.87. The summed E-state index contributed by atoms with van der Waals surface area (Å²) in [5, 5.41) is 11.8. The van der Waals surface area contributed by atoms with E-state index in [-0.39, 0.29) is 17.0 Å². The monoisotopic (exact) mass is 333 g/mol. The predicted molar refractivity (Wildman–Crippen MR) is 73.0 cm³/mol. The van der Waals surface area contributed by atoms with Crippen molar-refractivity contribution in [3.63, 3.8) is 0 Å². The molecule has 0 spiro atoms. The van der Waals surface area contributed by atoms with Crippen LogP contribution in [0.3, 0.4) is 0 Å². The molecule has 0 fully saturated rings. The lowest BCUT2D eigenvalue weighted by Gasteiger charge is -2.24. The third-order valence-electron chi connectivity index (χ3n) is 2.76. The van der Waals surface area contributed by atoms with Crippen molar-refractivity contribution in [3.05, 3.63) is 33.3 Å². The van der Waals surface area contributed by atoms with E-state index in [1.54, 1.807) is 25.1 Å². The summed E-state index contributed by atoms with van der Waals surface area (Å²) >= 11 is 9.20. The Balaban J connectivity index is 3.02. The number of carbonyl (C=O) groups excluding carboxylic acids is 1. The minimum absolute atomic E-state index is 0.243. The summed E-state index contributed by atoms with van der Waals surface area (Å²) in [6.07, 6.45) is 0.277. The van der Waals surface area contributed by atoms with Crippen LogP contribution in [-0.2, 0) is 4.79 Å². The second-order valence-corrected chi connectivity index (χ2v) is 5.28. The zero-order chi connectivity index (χ0) is 13.9. The molecule has 0 aliphatic heterocycles. The Labute approximate surface area is 118 Å². The van der Waals surface area contributed by atoms with Gasteiger partial charge in [-0.15, -0.1) is 0 Å². The third-order valence-corrected chi connectivity index (χ3v) is 4.06. The summed E-state index contributed by atoms with van der Waals surface area (Å²) in [4.78, 5) is 23.1. The number of hydrogen-bond donors (Lipinski definition) is 2. The maximum Gasteiger partial charge on any atom is 0.329 e. The van der Waals surface area contributed by atoms with Gasteiger partial charge in [-0.1, -0.05) is 24.6 Å².